The second kappa shape index (κ2) is 6.26. The predicted octanol–water partition coefficient (Wildman–Crippen LogP) is 4.05. The highest BCUT2D eigenvalue weighted by atomic mass is 79.9. The lowest BCUT2D eigenvalue weighted by molar-refractivity contribution is 0.102. The summed E-state index contributed by atoms with van der Waals surface area (Å²) in [5.74, 6) is -0.437. The summed E-state index contributed by atoms with van der Waals surface area (Å²) in [5.41, 5.74) is 1.01. The van der Waals surface area contributed by atoms with Crippen LogP contribution in [0.1, 0.15) is 34.0 Å². The third kappa shape index (κ3) is 3.81. The molecule has 0 aliphatic carbocycles. The molecule has 110 valence electrons. The molecule has 0 bridgehead atoms. The van der Waals surface area contributed by atoms with Gasteiger partial charge in [0, 0.05) is 4.47 Å². The van der Waals surface area contributed by atoms with Gasteiger partial charge in [0.05, 0.1) is 5.69 Å². The molecule has 1 amide bonds. The van der Waals surface area contributed by atoms with Crippen LogP contribution in [-0.2, 0) is 0 Å². The van der Waals surface area contributed by atoms with Crippen LogP contribution in [0.4, 0.5) is 14.5 Å². The van der Waals surface area contributed by atoms with Crippen LogP contribution in [-0.4, -0.2) is 15.9 Å². The second-order valence-electron chi connectivity index (χ2n) is 4.46. The highest BCUT2D eigenvalue weighted by Crippen LogP contribution is 2.24. The highest BCUT2D eigenvalue weighted by Gasteiger charge is 2.16. The first-order valence-corrected chi connectivity index (χ1v) is 6.87. The van der Waals surface area contributed by atoms with E-state index in [4.69, 9.17) is 0 Å². The van der Waals surface area contributed by atoms with Crippen molar-refractivity contribution in [2.45, 2.75) is 20.3 Å². The van der Waals surface area contributed by atoms with Gasteiger partial charge in [-0.1, -0.05) is 6.07 Å². The van der Waals surface area contributed by atoms with Crippen molar-refractivity contribution >= 4 is 27.5 Å². The van der Waals surface area contributed by atoms with Crippen molar-refractivity contribution in [2.75, 3.05) is 5.32 Å². The Morgan fingerprint density at radius 1 is 1.24 bits per heavy atom. The van der Waals surface area contributed by atoms with Gasteiger partial charge in [-0.25, -0.2) is 18.7 Å². The quantitative estimate of drug-likeness (QED) is 0.903. The van der Waals surface area contributed by atoms with E-state index < -0.39 is 18.0 Å². The zero-order chi connectivity index (χ0) is 15.6. The molecular formula is C14H12BrF2N3O. The molecular weight excluding hydrogens is 344 g/mol. The molecule has 1 heterocycles. The average molecular weight is 356 g/mol. The van der Waals surface area contributed by atoms with E-state index in [2.05, 4.69) is 31.2 Å². The van der Waals surface area contributed by atoms with Gasteiger partial charge in [0.2, 0.25) is 0 Å². The number of hydrogen-bond donors (Lipinski definition) is 1. The average Bonchev–Trinajstić information content (AvgIpc) is 2.41. The Kier molecular flexibility index (Phi) is 4.62. The number of hydrogen-bond acceptors (Lipinski definition) is 3. The number of nitrogens with zero attached hydrogens (tertiary/aromatic N) is 2. The molecule has 0 atom stereocenters. The molecule has 1 aromatic carbocycles. The number of rotatable bonds is 3. The minimum absolute atomic E-state index is 0.0923. The van der Waals surface area contributed by atoms with Crippen LogP contribution in [0.5, 0.6) is 0 Å². The molecule has 7 heteroatoms. The lowest BCUT2D eigenvalue weighted by atomic mass is 10.2. The maximum absolute atomic E-state index is 12.7. The number of nitrogens with one attached hydrogen (secondary N) is 1. The van der Waals surface area contributed by atoms with Crippen LogP contribution in [0.25, 0.3) is 0 Å². The van der Waals surface area contributed by atoms with Gasteiger partial charge in [-0.15, -0.1) is 0 Å². The van der Waals surface area contributed by atoms with Gasteiger partial charge in [0.15, 0.2) is 0 Å². The van der Waals surface area contributed by atoms with Crippen LogP contribution in [0.15, 0.2) is 28.7 Å². The molecule has 0 aliphatic heterocycles. The first-order valence-electron chi connectivity index (χ1n) is 6.08. The summed E-state index contributed by atoms with van der Waals surface area (Å²) in [5, 5.41) is 2.63. The fraction of sp³-hybridized carbons (Fsp3) is 0.214. The number of aryl methyl sites for hydroxylation is 2. The molecule has 1 N–H and O–H groups in total. The van der Waals surface area contributed by atoms with E-state index in [-0.39, 0.29) is 11.5 Å². The molecule has 21 heavy (non-hydrogen) atoms. The van der Waals surface area contributed by atoms with Gasteiger partial charge >= 0.3 is 0 Å². The molecule has 0 saturated carbocycles. The lowest BCUT2D eigenvalue weighted by Crippen LogP contribution is -2.16. The Bertz CT molecular complexity index is 692. The normalized spacial score (nSPS) is 10.8. The van der Waals surface area contributed by atoms with E-state index >= 15 is 0 Å². The number of aromatic nitrogens is 2. The van der Waals surface area contributed by atoms with E-state index in [9.17, 15) is 13.6 Å². The van der Waals surface area contributed by atoms with Crippen molar-refractivity contribution in [3.05, 3.63) is 51.5 Å². The fourth-order valence-corrected chi connectivity index (χ4v) is 2.32. The topological polar surface area (TPSA) is 54.9 Å². The van der Waals surface area contributed by atoms with E-state index in [0.717, 1.165) is 11.6 Å². The van der Waals surface area contributed by atoms with E-state index in [1.54, 1.807) is 6.07 Å². The van der Waals surface area contributed by atoms with E-state index in [1.165, 1.54) is 6.92 Å². The summed E-state index contributed by atoms with van der Waals surface area (Å²) >= 11 is 3.33. The summed E-state index contributed by atoms with van der Waals surface area (Å²) in [6, 6.07) is 6.39. The zero-order valence-electron chi connectivity index (χ0n) is 11.3. The smallest absolute Gasteiger partial charge is 0.280 e. The van der Waals surface area contributed by atoms with Crippen molar-refractivity contribution in [3.63, 3.8) is 0 Å². The number of carbonyl (C=O) groups excluding carboxylic acids is 1. The van der Waals surface area contributed by atoms with Crippen molar-refractivity contribution in [2.24, 2.45) is 0 Å². The first-order chi connectivity index (χ1) is 9.86. The van der Waals surface area contributed by atoms with Crippen molar-refractivity contribution in [1.29, 1.82) is 0 Å². The number of alkyl halides is 2. The molecule has 0 unspecified atom stereocenters. The fourth-order valence-electron chi connectivity index (χ4n) is 1.73. The summed E-state index contributed by atoms with van der Waals surface area (Å²) in [6.07, 6.45) is -2.75. The van der Waals surface area contributed by atoms with Gasteiger partial charge < -0.3 is 5.32 Å². The first kappa shape index (κ1) is 15.5. The van der Waals surface area contributed by atoms with E-state index in [1.807, 2.05) is 19.1 Å². The Morgan fingerprint density at radius 3 is 2.57 bits per heavy atom. The number of anilines is 1. The summed E-state index contributed by atoms with van der Waals surface area (Å²) in [4.78, 5) is 19.6. The van der Waals surface area contributed by atoms with Gasteiger partial charge in [-0.2, -0.15) is 0 Å². The van der Waals surface area contributed by atoms with Gasteiger partial charge in [-0.05, 0) is 53.5 Å². The van der Waals surface area contributed by atoms with Crippen molar-refractivity contribution < 1.29 is 13.6 Å². The van der Waals surface area contributed by atoms with Crippen LogP contribution in [0, 0.1) is 13.8 Å². The monoisotopic (exact) mass is 355 g/mol. The SMILES string of the molecule is Cc1ccc(NC(=O)c2cc(C(F)F)nc(C)n2)c(Br)c1. The standard InChI is InChI=1S/C14H12BrF2N3O/c1-7-3-4-10(9(15)5-7)20-14(21)12-6-11(13(16)17)18-8(2)19-12/h3-6,13H,1-2H3,(H,20,21). The number of benzene rings is 1. The highest BCUT2D eigenvalue weighted by molar-refractivity contribution is 9.10. The lowest BCUT2D eigenvalue weighted by Gasteiger charge is -2.09. The molecule has 2 aromatic rings. The second-order valence-corrected chi connectivity index (χ2v) is 5.32. The van der Waals surface area contributed by atoms with Crippen LogP contribution < -0.4 is 5.32 Å². The zero-order valence-corrected chi connectivity index (χ0v) is 12.9. The molecule has 0 fully saturated rings. The van der Waals surface area contributed by atoms with Crippen LogP contribution in [0.3, 0.4) is 0 Å². The van der Waals surface area contributed by atoms with Gasteiger partial charge in [0.25, 0.3) is 12.3 Å². The number of amides is 1. The van der Waals surface area contributed by atoms with Gasteiger partial charge in [0.1, 0.15) is 17.2 Å². The van der Waals surface area contributed by atoms with E-state index in [0.29, 0.717) is 10.2 Å². The largest absolute Gasteiger partial charge is 0.320 e. The minimum Gasteiger partial charge on any atom is -0.320 e. The Balaban J connectivity index is 2.28. The third-order valence-electron chi connectivity index (χ3n) is 2.69. The van der Waals surface area contributed by atoms with Crippen molar-refractivity contribution in [1.82, 2.24) is 9.97 Å². The summed E-state index contributed by atoms with van der Waals surface area (Å²) in [6.45, 7) is 3.38. The van der Waals surface area contributed by atoms with Gasteiger partial charge in [-0.3, -0.25) is 4.79 Å². The van der Waals surface area contributed by atoms with Crippen molar-refractivity contribution in [3.8, 4) is 0 Å². The third-order valence-corrected chi connectivity index (χ3v) is 3.34. The van der Waals surface area contributed by atoms with Crippen LogP contribution in [0.2, 0.25) is 0 Å². The number of carbonyl (C=O) groups is 1. The molecule has 2 rings (SSSR count). The minimum atomic E-state index is -2.75. The Labute approximate surface area is 128 Å². The summed E-state index contributed by atoms with van der Waals surface area (Å²) in [7, 11) is 0. The van der Waals surface area contributed by atoms with Crippen LogP contribution >= 0.6 is 15.9 Å². The molecule has 0 radical (unpaired) electrons. The maximum atomic E-state index is 12.7. The number of halogens is 3. The summed E-state index contributed by atoms with van der Waals surface area (Å²) < 4.78 is 26.1. The maximum Gasteiger partial charge on any atom is 0.280 e. The molecule has 4 nitrogen and oxygen atoms in total. The molecule has 0 spiro atoms. The molecule has 0 saturated heterocycles. The molecule has 0 aliphatic rings. The predicted molar refractivity (Wildman–Crippen MR) is 78.6 cm³/mol. The molecule has 1 aromatic heterocycles. The Morgan fingerprint density at radius 2 is 1.95 bits per heavy atom. The Hall–Kier alpha value is -1.89.